The molecular weight excluding hydrogens is 498 g/mol. The van der Waals surface area contributed by atoms with Gasteiger partial charge in [-0.15, -0.1) is 0 Å². The minimum atomic E-state index is -0.592. The van der Waals surface area contributed by atoms with Crippen molar-refractivity contribution in [1.29, 1.82) is 0 Å². The lowest BCUT2D eigenvalue weighted by Crippen LogP contribution is -2.40. The zero-order valence-corrected chi connectivity index (χ0v) is 22.5. The molecule has 2 aliphatic heterocycles. The van der Waals surface area contributed by atoms with E-state index in [4.69, 9.17) is 14.7 Å². The van der Waals surface area contributed by atoms with Crippen LogP contribution in [0.5, 0.6) is 0 Å². The minimum Gasteiger partial charge on any atom is -0.392 e. The van der Waals surface area contributed by atoms with Gasteiger partial charge in [-0.3, -0.25) is 14.8 Å². The Hall–Kier alpha value is -2.82. The van der Waals surface area contributed by atoms with Crippen LogP contribution in [0, 0.1) is 0 Å². The van der Waals surface area contributed by atoms with Gasteiger partial charge in [-0.25, -0.2) is 5.48 Å². The van der Waals surface area contributed by atoms with E-state index in [1.807, 2.05) is 48.5 Å². The average Bonchev–Trinajstić information content (AvgIpc) is 2.94. The van der Waals surface area contributed by atoms with Crippen molar-refractivity contribution in [1.82, 2.24) is 10.4 Å². The highest BCUT2D eigenvalue weighted by Gasteiger charge is 2.33. The summed E-state index contributed by atoms with van der Waals surface area (Å²) in [5.74, 6) is -0.720. The van der Waals surface area contributed by atoms with Gasteiger partial charge in [0.05, 0.1) is 18.8 Å². The van der Waals surface area contributed by atoms with E-state index in [-0.39, 0.29) is 37.6 Å². The number of nitrogens with one attached hydrogen (secondary N) is 2. The maximum absolute atomic E-state index is 12.4. The minimum absolute atomic E-state index is 0.00225. The smallest absolute Gasteiger partial charge is 0.243 e. The van der Waals surface area contributed by atoms with Gasteiger partial charge in [0.15, 0.2) is 6.29 Å². The SMILES string of the molecule is O=C(CCCC(=O)Nc1cccc([C@@H]2O[C@H](CN3CCCCCCC3)C[C@H](c3ccc(CO)cc3)O2)c1)NO. The summed E-state index contributed by atoms with van der Waals surface area (Å²) >= 11 is 0. The Kier molecular flexibility index (Phi) is 11.3. The van der Waals surface area contributed by atoms with E-state index in [0.29, 0.717) is 12.1 Å². The highest BCUT2D eigenvalue weighted by atomic mass is 16.7. The number of anilines is 1. The summed E-state index contributed by atoms with van der Waals surface area (Å²) in [6, 6.07) is 15.4. The highest BCUT2D eigenvalue weighted by Crippen LogP contribution is 2.38. The van der Waals surface area contributed by atoms with Crippen LogP contribution in [0.2, 0.25) is 0 Å². The summed E-state index contributed by atoms with van der Waals surface area (Å²) in [6.07, 6.45) is 6.85. The molecule has 9 nitrogen and oxygen atoms in total. The van der Waals surface area contributed by atoms with Crippen LogP contribution in [0.25, 0.3) is 0 Å². The fourth-order valence-corrected chi connectivity index (χ4v) is 5.27. The molecule has 0 spiro atoms. The molecule has 0 saturated carbocycles. The van der Waals surface area contributed by atoms with Crippen LogP contribution in [0.4, 0.5) is 5.69 Å². The predicted octanol–water partition coefficient (Wildman–Crippen LogP) is 4.60. The number of hydrogen-bond acceptors (Lipinski definition) is 7. The van der Waals surface area contributed by atoms with Gasteiger partial charge >= 0.3 is 0 Å². The van der Waals surface area contributed by atoms with Gasteiger partial charge in [0.25, 0.3) is 0 Å². The summed E-state index contributed by atoms with van der Waals surface area (Å²) in [7, 11) is 0. The van der Waals surface area contributed by atoms with Crippen molar-refractivity contribution in [3.8, 4) is 0 Å². The number of rotatable bonds is 10. The van der Waals surface area contributed by atoms with Crippen LogP contribution in [0.1, 0.15) is 86.9 Å². The maximum atomic E-state index is 12.4. The predicted molar refractivity (Wildman–Crippen MR) is 147 cm³/mol. The number of aliphatic hydroxyl groups excluding tert-OH is 1. The Labute approximate surface area is 230 Å². The van der Waals surface area contributed by atoms with Crippen molar-refractivity contribution >= 4 is 17.5 Å². The summed E-state index contributed by atoms with van der Waals surface area (Å²) in [5.41, 5.74) is 4.94. The van der Waals surface area contributed by atoms with Gasteiger partial charge in [-0.2, -0.15) is 0 Å². The molecule has 3 atom stereocenters. The Bertz CT molecular complexity index is 1050. The monoisotopic (exact) mass is 539 g/mol. The molecule has 2 saturated heterocycles. The number of likely N-dealkylation sites (tertiary alicyclic amines) is 1. The number of benzene rings is 2. The zero-order valence-electron chi connectivity index (χ0n) is 22.5. The highest BCUT2D eigenvalue weighted by molar-refractivity contribution is 5.91. The molecule has 2 aliphatic rings. The molecule has 4 rings (SSSR count). The Morgan fingerprint density at radius 1 is 0.897 bits per heavy atom. The zero-order chi connectivity index (χ0) is 27.5. The Morgan fingerprint density at radius 3 is 2.33 bits per heavy atom. The van der Waals surface area contributed by atoms with E-state index >= 15 is 0 Å². The van der Waals surface area contributed by atoms with E-state index in [1.165, 1.54) is 32.1 Å². The molecule has 2 heterocycles. The van der Waals surface area contributed by atoms with Crippen molar-refractivity contribution in [2.75, 3.05) is 25.0 Å². The summed E-state index contributed by atoms with van der Waals surface area (Å²) < 4.78 is 13.0. The van der Waals surface area contributed by atoms with Crippen LogP contribution >= 0.6 is 0 Å². The molecule has 2 fully saturated rings. The van der Waals surface area contributed by atoms with E-state index in [9.17, 15) is 14.7 Å². The second-order valence-electron chi connectivity index (χ2n) is 10.5. The summed E-state index contributed by atoms with van der Waals surface area (Å²) in [6.45, 7) is 3.02. The molecule has 2 amide bonds. The van der Waals surface area contributed by atoms with Crippen LogP contribution < -0.4 is 10.8 Å². The second-order valence-corrected chi connectivity index (χ2v) is 10.5. The summed E-state index contributed by atoms with van der Waals surface area (Å²) in [4.78, 5) is 26.1. The second kappa shape index (κ2) is 15.1. The van der Waals surface area contributed by atoms with Gasteiger partial charge in [0, 0.05) is 37.1 Å². The van der Waals surface area contributed by atoms with Crippen LogP contribution in [0.3, 0.4) is 0 Å². The fourth-order valence-electron chi connectivity index (χ4n) is 5.27. The third-order valence-corrected chi connectivity index (χ3v) is 7.40. The number of nitrogens with zero attached hydrogens (tertiary/aromatic N) is 1. The molecular formula is C30H41N3O6. The summed E-state index contributed by atoms with van der Waals surface area (Å²) in [5, 5.41) is 20.9. The molecule has 0 aliphatic carbocycles. The number of aliphatic hydroxyl groups is 1. The first-order valence-electron chi connectivity index (χ1n) is 14.1. The fraction of sp³-hybridized carbons (Fsp3) is 0.533. The van der Waals surface area contributed by atoms with Crippen LogP contribution in [-0.4, -0.2) is 52.8 Å². The molecule has 39 heavy (non-hydrogen) atoms. The number of carbonyl (C=O) groups excluding carboxylic acids is 2. The van der Waals surface area contributed by atoms with Crippen LogP contribution in [0.15, 0.2) is 48.5 Å². The van der Waals surface area contributed by atoms with Crippen molar-refractivity contribution < 1.29 is 29.4 Å². The van der Waals surface area contributed by atoms with Crippen molar-refractivity contribution in [3.63, 3.8) is 0 Å². The number of hydrogen-bond donors (Lipinski definition) is 4. The third kappa shape index (κ3) is 9.12. The molecule has 0 unspecified atom stereocenters. The lowest BCUT2D eigenvalue weighted by molar-refractivity contribution is -0.253. The van der Waals surface area contributed by atoms with Gasteiger partial charge in [-0.1, -0.05) is 55.7 Å². The lowest BCUT2D eigenvalue weighted by Gasteiger charge is -2.39. The molecule has 212 valence electrons. The van der Waals surface area contributed by atoms with Gasteiger partial charge < -0.3 is 24.8 Å². The first-order valence-corrected chi connectivity index (χ1v) is 14.1. The first-order chi connectivity index (χ1) is 19.0. The van der Waals surface area contributed by atoms with Crippen molar-refractivity contribution in [3.05, 3.63) is 65.2 Å². The molecule has 0 aromatic heterocycles. The van der Waals surface area contributed by atoms with Crippen molar-refractivity contribution in [2.24, 2.45) is 0 Å². The van der Waals surface area contributed by atoms with E-state index in [1.54, 1.807) is 5.48 Å². The van der Waals surface area contributed by atoms with E-state index < -0.39 is 12.2 Å². The molecule has 9 heteroatoms. The van der Waals surface area contributed by atoms with Crippen molar-refractivity contribution in [2.45, 2.75) is 82.9 Å². The van der Waals surface area contributed by atoms with Gasteiger partial charge in [0.1, 0.15) is 0 Å². The number of carbonyl (C=O) groups is 2. The van der Waals surface area contributed by atoms with E-state index in [0.717, 1.165) is 42.7 Å². The van der Waals surface area contributed by atoms with Crippen LogP contribution in [-0.2, 0) is 25.7 Å². The number of amides is 2. The van der Waals surface area contributed by atoms with Gasteiger partial charge in [0.2, 0.25) is 11.8 Å². The molecule has 2 aromatic carbocycles. The Morgan fingerprint density at radius 2 is 1.62 bits per heavy atom. The van der Waals surface area contributed by atoms with Gasteiger partial charge in [-0.05, 0) is 55.6 Å². The molecule has 0 radical (unpaired) electrons. The standard InChI is InChI=1S/C30H41N3O6/c34-21-22-12-14-23(15-13-22)27-19-26(20-33-16-4-2-1-3-5-17-33)38-30(39-27)24-8-6-9-25(18-24)31-28(35)10-7-11-29(36)32-37/h6,8-9,12-15,18,26-27,30,34,37H,1-5,7,10-11,16-17,19-21H2,(H,31,35)(H,32,36)/t26-,27+,30+/m0/s1. The molecule has 4 N–H and O–H groups in total. The lowest BCUT2D eigenvalue weighted by atomic mass is 9.99. The average molecular weight is 540 g/mol. The third-order valence-electron chi connectivity index (χ3n) is 7.40. The first kappa shape index (κ1) is 29.2. The molecule has 0 bridgehead atoms. The maximum Gasteiger partial charge on any atom is 0.243 e. The number of hydroxylamine groups is 1. The van der Waals surface area contributed by atoms with E-state index in [2.05, 4.69) is 10.2 Å². The number of ether oxygens (including phenoxy) is 2. The quantitative estimate of drug-likeness (QED) is 0.257. The topological polar surface area (TPSA) is 120 Å². The largest absolute Gasteiger partial charge is 0.392 e. The molecule has 2 aromatic rings. The normalized spacial score (nSPS) is 22.5. The Balaban J connectivity index is 1.46.